The van der Waals surface area contributed by atoms with E-state index in [1.165, 1.54) is 65.4 Å². The molecule has 0 saturated carbocycles. The molecule has 104 valence electrons. The van der Waals surface area contributed by atoms with Crippen LogP contribution in [0.1, 0.15) is 34.7 Å². The molecule has 1 unspecified atom stereocenters. The minimum Gasteiger partial charge on any atom is -0.314 e. The molecule has 3 heteroatoms. The highest BCUT2D eigenvalue weighted by Gasteiger charge is 2.21. The van der Waals surface area contributed by atoms with Crippen LogP contribution < -0.4 is 5.32 Å². The molecule has 0 bridgehead atoms. The lowest BCUT2D eigenvalue weighted by Gasteiger charge is -2.07. The highest BCUT2D eigenvalue weighted by atomic mass is 32.1. The van der Waals surface area contributed by atoms with Crippen LogP contribution in [0.3, 0.4) is 0 Å². The average molecular weight is 284 g/mol. The zero-order valence-corrected chi connectivity index (χ0v) is 12.5. The molecule has 1 aliphatic carbocycles. The van der Waals surface area contributed by atoms with E-state index >= 15 is 0 Å². The number of hydrogen-bond donors (Lipinski definition) is 1. The lowest BCUT2D eigenvalue weighted by molar-refractivity contribution is 0.601. The predicted molar refractivity (Wildman–Crippen MR) is 84.3 cm³/mol. The molecular weight excluding hydrogens is 264 g/mol. The first-order chi connectivity index (χ1) is 9.90. The fourth-order valence-electron chi connectivity index (χ4n) is 3.42. The van der Waals surface area contributed by atoms with E-state index in [4.69, 9.17) is 4.98 Å². The van der Waals surface area contributed by atoms with Crippen LogP contribution in [0.4, 0.5) is 0 Å². The minimum atomic E-state index is 0.653. The molecule has 1 fully saturated rings. The van der Waals surface area contributed by atoms with Gasteiger partial charge in [0.25, 0.3) is 0 Å². The Balaban J connectivity index is 1.68. The van der Waals surface area contributed by atoms with Crippen LogP contribution in [0, 0.1) is 0 Å². The van der Waals surface area contributed by atoms with Gasteiger partial charge in [-0.1, -0.05) is 24.3 Å². The minimum absolute atomic E-state index is 0.653. The Hall–Kier alpha value is -1.19. The van der Waals surface area contributed by atoms with E-state index in [0.717, 1.165) is 6.42 Å². The summed E-state index contributed by atoms with van der Waals surface area (Å²) in [5, 5.41) is 4.91. The lowest BCUT2D eigenvalue weighted by atomic mass is 10.0. The number of hydrogen-bond acceptors (Lipinski definition) is 3. The summed E-state index contributed by atoms with van der Waals surface area (Å²) in [6, 6.07) is 9.46. The van der Waals surface area contributed by atoms with Crippen molar-refractivity contribution in [2.75, 3.05) is 6.54 Å². The Morgan fingerprint density at radius 3 is 3.05 bits per heavy atom. The summed E-state index contributed by atoms with van der Waals surface area (Å²) in [7, 11) is 0. The molecule has 20 heavy (non-hydrogen) atoms. The average Bonchev–Trinajstić information content (AvgIpc) is 3.07. The summed E-state index contributed by atoms with van der Waals surface area (Å²) < 4.78 is 0. The van der Waals surface area contributed by atoms with Crippen molar-refractivity contribution in [2.45, 2.75) is 44.6 Å². The molecule has 1 N–H and O–H groups in total. The van der Waals surface area contributed by atoms with E-state index in [-0.39, 0.29) is 0 Å². The van der Waals surface area contributed by atoms with Gasteiger partial charge in [-0.25, -0.2) is 4.98 Å². The van der Waals surface area contributed by atoms with Crippen molar-refractivity contribution < 1.29 is 0 Å². The smallest absolute Gasteiger partial charge is 0.0950 e. The van der Waals surface area contributed by atoms with Crippen LogP contribution >= 0.6 is 11.3 Å². The number of nitrogens with one attached hydrogen (secondary N) is 1. The second-order valence-electron chi connectivity index (χ2n) is 5.89. The van der Waals surface area contributed by atoms with Crippen LogP contribution in [-0.2, 0) is 19.3 Å². The van der Waals surface area contributed by atoms with E-state index in [1.54, 1.807) is 0 Å². The van der Waals surface area contributed by atoms with Crippen molar-refractivity contribution in [3.63, 3.8) is 0 Å². The van der Waals surface area contributed by atoms with Gasteiger partial charge >= 0.3 is 0 Å². The molecule has 1 atom stereocenters. The molecule has 4 rings (SSSR count). The standard InChI is InChI=1S/C17H20N2S/c1-2-8-14-12(5-1)6-3-9-15-17(14)19-16(20-15)11-13-7-4-10-18-13/h1-2,5,8,13,18H,3-4,6-7,9-11H2. The van der Waals surface area contributed by atoms with Gasteiger partial charge < -0.3 is 5.32 Å². The van der Waals surface area contributed by atoms with Gasteiger partial charge in [0, 0.05) is 22.9 Å². The number of aromatic nitrogens is 1. The Morgan fingerprint density at radius 1 is 1.20 bits per heavy atom. The number of nitrogens with zero attached hydrogens (tertiary/aromatic N) is 1. The monoisotopic (exact) mass is 284 g/mol. The molecule has 1 aliphatic heterocycles. The molecular formula is C17H20N2S. The van der Waals surface area contributed by atoms with E-state index < -0.39 is 0 Å². The molecule has 2 aliphatic rings. The van der Waals surface area contributed by atoms with Gasteiger partial charge in [0.1, 0.15) is 0 Å². The molecule has 0 radical (unpaired) electrons. The second-order valence-corrected chi connectivity index (χ2v) is 7.06. The van der Waals surface area contributed by atoms with Crippen molar-refractivity contribution in [1.82, 2.24) is 10.3 Å². The first-order valence-corrected chi connectivity index (χ1v) is 8.52. The molecule has 2 heterocycles. The Bertz CT molecular complexity index is 611. The molecule has 2 aromatic rings. The summed E-state index contributed by atoms with van der Waals surface area (Å²) >= 11 is 1.95. The van der Waals surface area contributed by atoms with Gasteiger partial charge in [-0.05, 0) is 44.2 Å². The van der Waals surface area contributed by atoms with Gasteiger partial charge in [0.2, 0.25) is 0 Å². The quantitative estimate of drug-likeness (QED) is 0.911. The van der Waals surface area contributed by atoms with Crippen molar-refractivity contribution in [2.24, 2.45) is 0 Å². The van der Waals surface area contributed by atoms with E-state index in [2.05, 4.69) is 29.6 Å². The Labute approximate surface area is 124 Å². The third-order valence-electron chi connectivity index (χ3n) is 4.45. The van der Waals surface area contributed by atoms with Gasteiger partial charge in [-0.3, -0.25) is 0 Å². The molecule has 1 aromatic heterocycles. The summed E-state index contributed by atoms with van der Waals surface area (Å²) in [4.78, 5) is 6.50. The topological polar surface area (TPSA) is 24.9 Å². The fraction of sp³-hybridized carbons (Fsp3) is 0.471. The SMILES string of the molecule is c1ccc2c(c1)CCCc1sc(CC3CCCN3)nc1-2. The second kappa shape index (κ2) is 5.30. The van der Waals surface area contributed by atoms with Crippen molar-refractivity contribution >= 4 is 11.3 Å². The molecule has 1 saturated heterocycles. The molecule has 2 nitrogen and oxygen atoms in total. The highest BCUT2D eigenvalue weighted by Crippen LogP contribution is 2.35. The maximum absolute atomic E-state index is 4.99. The third kappa shape index (κ3) is 2.29. The van der Waals surface area contributed by atoms with E-state index in [9.17, 15) is 0 Å². The number of fused-ring (bicyclic) bond motifs is 3. The Kier molecular flexibility index (Phi) is 3.32. The van der Waals surface area contributed by atoms with Crippen molar-refractivity contribution in [1.29, 1.82) is 0 Å². The first kappa shape index (κ1) is 12.5. The van der Waals surface area contributed by atoms with Gasteiger partial charge in [0.15, 0.2) is 0 Å². The van der Waals surface area contributed by atoms with Crippen molar-refractivity contribution in [3.05, 3.63) is 39.7 Å². The van der Waals surface area contributed by atoms with E-state index in [1.807, 2.05) is 11.3 Å². The highest BCUT2D eigenvalue weighted by molar-refractivity contribution is 7.12. The predicted octanol–water partition coefficient (Wildman–Crippen LogP) is 3.59. The lowest BCUT2D eigenvalue weighted by Crippen LogP contribution is -2.23. The van der Waals surface area contributed by atoms with E-state index in [0.29, 0.717) is 6.04 Å². The third-order valence-corrected chi connectivity index (χ3v) is 5.58. The molecule has 1 aromatic carbocycles. The van der Waals surface area contributed by atoms with Gasteiger partial charge in [0.05, 0.1) is 10.7 Å². The van der Waals surface area contributed by atoms with Crippen molar-refractivity contribution in [3.8, 4) is 11.3 Å². The summed E-state index contributed by atoms with van der Waals surface area (Å²) in [6.45, 7) is 1.18. The van der Waals surface area contributed by atoms with Gasteiger partial charge in [-0.15, -0.1) is 11.3 Å². The Morgan fingerprint density at radius 2 is 2.15 bits per heavy atom. The fourth-order valence-corrected chi connectivity index (χ4v) is 4.62. The number of rotatable bonds is 2. The largest absolute Gasteiger partial charge is 0.314 e. The van der Waals surface area contributed by atoms with Crippen LogP contribution in [-0.4, -0.2) is 17.6 Å². The maximum Gasteiger partial charge on any atom is 0.0950 e. The number of thiazole rings is 1. The van der Waals surface area contributed by atoms with Crippen LogP contribution in [0.15, 0.2) is 24.3 Å². The number of aryl methyl sites for hydroxylation is 2. The zero-order chi connectivity index (χ0) is 13.4. The number of benzene rings is 1. The van der Waals surface area contributed by atoms with Gasteiger partial charge in [-0.2, -0.15) is 0 Å². The maximum atomic E-state index is 4.99. The normalized spacial score (nSPS) is 21.3. The molecule has 0 amide bonds. The van der Waals surface area contributed by atoms with Crippen LogP contribution in [0.5, 0.6) is 0 Å². The van der Waals surface area contributed by atoms with Crippen LogP contribution in [0.2, 0.25) is 0 Å². The zero-order valence-electron chi connectivity index (χ0n) is 11.7. The summed E-state index contributed by atoms with van der Waals surface area (Å²) in [5.41, 5.74) is 4.13. The first-order valence-electron chi connectivity index (χ1n) is 7.70. The summed E-state index contributed by atoms with van der Waals surface area (Å²) in [5.74, 6) is 0. The molecule has 0 spiro atoms. The van der Waals surface area contributed by atoms with Crippen LogP contribution in [0.25, 0.3) is 11.3 Å². The summed E-state index contributed by atoms with van der Waals surface area (Å²) in [6.07, 6.45) is 7.38.